The van der Waals surface area contributed by atoms with Crippen LogP contribution in [0.25, 0.3) is 0 Å². The number of aliphatic carboxylic acids is 2. The maximum atomic E-state index is 13.1. The second-order valence-electron chi connectivity index (χ2n) is 8.99. The van der Waals surface area contributed by atoms with Gasteiger partial charge in [-0.25, -0.2) is 4.79 Å². The maximum Gasteiger partial charge on any atom is 0.326 e. The maximum absolute atomic E-state index is 13.1. The number of guanidine groups is 1. The number of carbonyl (C=O) groups excluding carboxylic acids is 3. The fourth-order valence-electron chi connectivity index (χ4n) is 3.17. The summed E-state index contributed by atoms with van der Waals surface area (Å²) in [6.07, 6.45) is 0.438. The lowest BCUT2D eigenvalue weighted by Crippen LogP contribution is -2.59. The summed E-state index contributed by atoms with van der Waals surface area (Å²) in [6, 6.07) is -4.50. The molecule has 0 aromatic carbocycles. The molecule has 0 saturated carbocycles. The van der Waals surface area contributed by atoms with Gasteiger partial charge in [0.05, 0.1) is 6.04 Å². The van der Waals surface area contributed by atoms with Crippen LogP contribution in [0.4, 0.5) is 0 Å². The van der Waals surface area contributed by atoms with Crippen LogP contribution in [-0.4, -0.2) is 76.5 Å². The van der Waals surface area contributed by atoms with E-state index in [4.69, 9.17) is 22.3 Å². The van der Waals surface area contributed by atoms with Gasteiger partial charge in [0.1, 0.15) is 18.1 Å². The molecule has 36 heavy (non-hydrogen) atoms. The number of hydrogen-bond acceptors (Lipinski definition) is 7. The molecule has 0 aromatic heterocycles. The Labute approximate surface area is 210 Å². The number of rotatable bonds is 17. The van der Waals surface area contributed by atoms with Gasteiger partial charge in [-0.15, -0.1) is 0 Å². The summed E-state index contributed by atoms with van der Waals surface area (Å²) >= 11 is 0. The van der Waals surface area contributed by atoms with E-state index in [-0.39, 0.29) is 37.7 Å². The number of amides is 3. The molecular formula is C22H41N7O7. The number of nitrogens with two attached hydrogens (primary N) is 3. The van der Waals surface area contributed by atoms with Gasteiger partial charge in [-0.2, -0.15) is 0 Å². The summed E-state index contributed by atoms with van der Waals surface area (Å²) in [7, 11) is 0. The van der Waals surface area contributed by atoms with E-state index in [1.54, 1.807) is 20.8 Å². The molecule has 0 saturated heterocycles. The van der Waals surface area contributed by atoms with Crippen LogP contribution in [0.5, 0.6) is 0 Å². The van der Waals surface area contributed by atoms with Crippen molar-refractivity contribution in [3.63, 3.8) is 0 Å². The van der Waals surface area contributed by atoms with Crippen molar-refractivity contribution < 1.29 is 34.2 Å². The third-order valence-electron chi connectivity index (χ3n) is 5.61. The zero-order valence-corrected chi connectivity index (χ0v) is 21.3. The van der Waals surface area contributed by atoms with Crippen molar-refractivity contribution in [2.24, 2.45) is 34.0 Å². The smallest absolute Gasteiger partial charge is 0.326 e. The number of nitrogens with zero attached hydrogens (tertiary/aromatic N) is 1. The van der Waals surface area contributed by atoms with Crippen LogP contribution in [0.3, 0.4) is 0 Å². The highest BCUT2D eigenvalue weighted by atomic mass is 16.4. The molecule has 0 spiro atoms. The molecule has 0 aliphatic heterocycles. The lowest BCUT2D eigenvalue weighted by molar-refractivity contribution is -0.144. The minimum absolute atomic E-state index is 0.0958. The standard InChI is InChI=1S/C22H41N7O7/c1-5-12(4)17(20(34)28-16(11(2)3)21(35)36)29-19(33)14(7-6-10-26-22(24)25)27-18(32)13(23)8-9-15(30)31/h11-14,16-17H,5-10,23H2,1-4H3,(H,27,32)(H,28,34)(H,29,33)(H,30,31)(H,35,36)(H4,24,25,26). The SMILES string of the molecule is CCC(C)C(NC(=O)C(CCCN=C(N)N)NC(=O)C(N)CCC(=O)O)C(=O)NC(C(=O)O)C(C)C. The molecule has 5 unspecified atom stereocenters. The Bertz CT molecular complexity index is 800. The highest BCUT2D eigenvalue weighted by Crippen LogP contribution is 2.11. The number of carboxylic acids is 2. The first-order valence-electron chi connectivity index (χ1n) is 11.9. The third-order valence-corrected chi connectivity index (χ3v) is 5.61. The molecule has 14 heteroatoms. The number of carboxylic acid groups (broad SMARTS) is 2. The normalized spacial score (nSPS) is 15.1. The Balaban J connectivity index is 5.65. The second kappa shape index (κ2) is 16.3. The highest BCUT2D eigenvalue weighted by molar-refractivity contribution is 5.94. The van der Waals surface area contributed by atoms with Gasteiger partial charge in [0.15, 0.2) is 5.96 Å². The van der Waals surface area contributed by atoms with E-state index in [2.05, 4.69) is 20.9 Å². The monoisotopic (exact) mass is 515 g/mol. The van der Waals surface area contributed by atoms with E-state index in [0.29, 0.717) is 12.8 Å². The van der Waals surface area contributed by atoms with Crippen molar-refractivity contribution in [2.75, 3.05) is 6.54 Å². The molecule has 0 heterocycles. The summed E-state index contributed by atoms with van der Waals surface area (Å²) in [5.41, 5.74) is 16.4. The summed E-state index contributed by atoms with van der Waals surface area (Å²) in [6.45, 7) is 7.00. The molecule has 14 nitrogen and oxygen atoms in total. The molecule has 0 fully saturated rings. The van der Waals surface area contributed by atoms with Gasteiger partial charge in [0.2, 0.25) is 17.7 Å². The summed E-state index contributed by atoms with van der Waals surface area (Å²) in [5, 5.41) is 25.8. The molecule has 0 bridgehead atoms. The number of aliphatic imine (C=N–C) groups is 1. The Morgan fingerprint density at radius 2 is 1.44 bits per heavy atom. The molecule has 5 atom stereocenters. The van der Waals surface area contributed by atoms with Gasteiger partial charge in [-0.05, 0) is 31.1 Å². The molecule has 0 rings (SSSR count). The Morgan fingerprint density at radius 3 is 1.92 bits per heavy atom. The second-order valence-corrected chi connectivity index (χ2v) is 8.99. The van der Waals surface area contributed by atoms with Crippen LogP contribution in [-0.2, 0) is 24.0 Å². The van der Waals surface area contributed by atoms with Gasteiger partial charge >= 0.3 is 11.9 Å². The van der Waals surface area contributed by atoms with Crippen molar-refractivity contribution in [2.45, 2.75) is 84.0 Å². The average molecular weight is 516 g/mol. The number of hydrogen-bond donors (Lipinski definition) is 8. The van der Waals surface area contributed by atoms with Crippen LogP contribution in [0.2, 0.25) is 0 Å². The minimum atomic E-state index is -1.20. The van der Waals surface area contributed by atoms with Gasteiger partial charge in [-0.1, -0.05) is 34.1 Å². The Morgan fingerprint density at radius 1 is 0.861 bits per heavy atom. The van der Waals surface area contributed by atoms with E-state index in [1.807, 2.05) is 6.92 Å². The van der Waals surface area contributed by atoms with Gasteiger partial charge in [0, 0.05) is 13.0 Å². The van der Waals surface area contributed by atoms with Crippen molar-refractivity contribution in [1.82, 2.24) is 16.0 Å². The zero-order valence-electron chi connectivity index (χ0n) is 21.3. The van der Waals surface area contributed by atoms with E-state index < -0.39 is 59.7 Å². The number of nitrogens with one attached hydrogen (secondary N) is 3. The van der Waals surface area contributed by atoms with Gasteiger partial charge < -0.3 is 43.4 Å². The van der Waals surface area contributed by atoms with Crippen molar-refractivity contribution in [3.8, 4) is 0 Å². The van der Waals surface area contributed by atoms with E-state index in [1.165, 1.54) is 0 Å². The summed E-state index contributed by atoms with van der Waals surface area (Å²) in [4.78, 5) is 64.7. The van der Waals surface area contributed by atoms with Gasteiger partial charge in [-0.3, -0.25) is 24.2 Å². The molecule has 0 aromatic rings. The van der Waals surface area contributed by atoms with Crippen molar-refractivity contribution >= 4 is 35.6 Å². The Hall–Kier alpha value is -3.42. The fraction of sp³-hybridized carbons (Fsp3) is 0.727. The largest absolute Gasteiger partial charge is 0.481 e. The van der Waals surface area contributed by atoms with Crippen LogP contribution < -0.4 is 33.2 Å². The van der Waals surface area contributed by atoms with Crippen LogP contribution >= 0.6 is 0 Å². The highest BCUT2D eigenvalue weighted by Gasteiger charge is 2.33. The lowest BCUT2D eigenvalue weighted by atomic mass is 9.96. The first kappa shape index (κ1) is 32.6. The topological polar surface area (TPSA) is 252 Å². The third kappa shape index (κ3) is 12.3. The Kier molecular flexibility index (Phi) is 14.7. The fourth-order valence-corrected chi connectivity index (χ4v) is 3.17. The van der Waals surface area contributed by atoms with Gasteiger partial charge in [0.25, 0.3) is 0 Å². The predicted octanol–water partition coefficient (Wildman–Crippen LogP) is -1.53. The number of carbonyl (C=O) groups is 5. The lowest BCUT2D eigenvalue weighted by Gasteiger charge is -2.28. The predicted molar refractivity (Wildman–Crippen MR) is 132 cm³/mol. The van der Waals surface area contributed by atoms with E-state index in [0.717, 1.165) is 0 Å². The minimum Gasteiger partial charge on any atom is -0.481 e. The van der Waals surface area contributed by atoms with E-state index in [9.17, 15) is 29.1 Å². The first-order chi connectivity index (χ1) is 16.7. The molecular weight excluding hydrogens is 474 g/mol. The molecule has 0 aliphatic rings. The molecule has 0 radical (unpaired) electrons. The average Bonchev–Trinajstić information content (AvgIpc) is 2.79. The quantitative estimate of drug-likeness (QED) is 0.0630. The van der Waals surface area contributed by atoms with Crippen molar-refractivity contribution in [3.05, 3.63) is 0 Å². The molecule has 206 valence electrons. The van der Waals surface area contributed by atoms with Crippen molar-refractivity contribution in [1.29, 1.82) is 0 Å². The molecule has 3 amide bonds. The zero-order chi connectivity index (χ0) is 28.0. The van der Waals surface area contributed by atoms with Crippen LogP contribution in [0, 0.1) is 11.8 Å². The molecule has 0 aliphatic carbocycles. The summed E-state index contributed by atoms with van der Waals surface area (Å²) in [5.74, 6) is -5.28. The first-order valence-corrected chi connectivity index (χ1v) is 11.9. The van der Waals surface area contributed by atoms with Crippen LogP contribution in [0.1, 0.15) is 59.8 Å². The summed E-state index contributed by atoms with van der Waals surface area (Å²) < 4.78 is 0. The molecule has 11 N–H and O–H groups in total. The van der Waals surface area contributed by atoms with E-state index >= 15 is 0 Å². The van der Waals surface area contributed by atoms with Crippen LogP contribution in [0.15, 0.2) is 4.99 Å².